The van der Waals surface area contributed by atoms with Gasteiger partial charge in [0.25, 0.3) is 0 Å². The van der Waals surface area contributed by atoms with Crippen molar-refractivity contribution < 1.29 is 9.53 Å². The highest BCUT2D eigenvalue weighted by molar-refractivity contribution is 5.76. The van der Waals surface area contributed by atoms with Crippen LogP contribution in [0.15, 0.2) is 18.2 Å². The van der Waals surface area contributed by atoms with E-state index in [1.807, 2.05) is 36.9 Å². The minimum absolute atomic E-state index is 0.103. The number of benzene rings is 1. The average Bonchev–Trinajstić information content (AvgIpc) is 2.76. The number of aryl methyl sites for hydroxylation is 1. The van der Waals surface area contributed by atoms with Gasteiger partial charge in [-0.25, -0.2) is 0 Å². The molecule has 1 aliphatic rings. The highest BCUT2D eigenvalue weighted by Gasteiger charge is 2.15. The number of hydrogen-bond acceptors (Lipinski definition) is 4. The fourth-order valence-corrected chi connectivity index (χ4v) is 2.62. The summed E-state index contributed by atoms with van der Waals surface area (Å²) in [6.07, 6.45) is 2.38. The number of carbonyl (C=O) groups excluding carboxylic acids is 1. The van der Waals surface area contributed by atoms with Gasteiger partial charge >= 0.3 is 0 Å². The van der Waals surface area contributed by atoms with Gasteiger partial charge in [-0.15, -0.1) is 0 Å². The Kier molecular flexibility index (Phi) is 6.07. The monoisotopic (exact) mass is 305 g/mol. The number of anilines is 1. The minimum Gasteiger partial charge on any atom is -0.489 e. The fourth-order valence-electron chi connectivity index (χ4n) is 2.62. The highest BCUT2D eigenvalue weighted by Crippen LogP contribution is 2.24. The zero-order chi connectivity index (χ0) is 15.9. The number of nitrogen functional groups attached to an aromatic ring is 1. The molecule has 3 N–H and O–H groups in total. The predicted molar refractivity (Wildman–Crippen MR) is 89.0 cm³/mol. The Hall–Kier alpha value is -1.75. The standard InChI is InChI=1S/C17H27N3O2/c1-13(2)22-16-6-4-14(12-15(16)18)5-7-17(21)20-10-3-8-19-9-11-20/h4,6,12-13,19H,3,5,7-11,18H2,1-2H3. The van der Waals surface area contributed by atoms with Crippen LogP contribution in [-0.2, 0) is 11.2 Å². The summed E-state index contributed by atoms with van der Waals surface area (Å²) in [7, 11) is 0. The van der Waals surface area contributed by atoms with E-state index >= 15 is 0 Å². The number of hydrogen-bond donors (Lipinski definition) is 2. The second-order valence-corrected chi connectivity index (χ2v) is 6.02. The van der Waals surface area contributed by atoms with Crippen molar-refractivity contribution in [1.82, 2.24) is 10.2 Å². The maximum Gasteiger partial charge on any atom is 0.222 e. The maximum atomic E-state index is 12.3. The fraction of sp³-hybridized carbons (Fsp3) is 0.588. The van der Waals surface area contributed by atoms with Crippen molar-refractivity contribution in [3.8, 4) is 5.75 Å². The number of nitrogens with zero attached hydrogens (tertiary/aromatic N) is 1. The van der Waals surface area contributed by atoms with E-state index < -0.39 is 0 Å². The Bertz CT molecular complexity index is 495. The first-order valence-electron chi connectivity index (χ1n) is 8.10. The molecule has 0 aliphatic carbocycles. The van der Waals surface area contributed by atoms with Crippen LogP contribution in [0.5, 0.6) is 5.75 Å². The van der Waals surface area contributed by atoms with Crippen molar-refractivity contribution in [1.29, 1.82) is 0 Å². The number of ether oxygens (including phenoxy) is 1. The summed E-state index contributed by atoms with van der Waals surface area (Å²) in [5, 5.41) is 3.31. The van der Waals surface area contributed by atoms with Gasteiger partial charge in [-0.05, 0) is 50.9 Å². The lowest BCUT2D eigenvalue weighted by Gasteiger charge is -2.20. The summed E-state index contributed by atoms with van der Waals surface area (Å²) in [5.74, 6) is 0.938. The molecule has 122 valence electrons. The molecule has 22 heavy (non-hydrogen) atoms. The lowest BCUT2D eigenvalue weighted by molar-refractivity contribution is -0.130. The normalized spacial score (nSPS) is 15.7. The number of amides is 1. The van der Waals surface area contributed by atoms with Crippen LogP contribution in [0.2, 0.25) is 0 Å². The van der Waals surface area contributed by atoms with E-state index in [0.29, 0.717) is 17.9 Å². The van der Waals surface area contributed by atoms with Crippen LogP contribution in [0.4, 0.5) is 5.69 Å². The van der Waals surface area contributed by atoms with E-state index in [1.165, 1.54) is 0 Å². The Morgan fingerprint density at radius 3 is 2.91 bits per heavy atom. The molecule has 0 atom stereocenters. The van der Waals surface area contributed by atoms with Crippen molar-refractivity contribution in [3.63, 3.8) is 0 Å². The van der Waals surface area contributed by atoms with E-state index in [4.69, 9.17) is 10.5 Å². The molecule has 5 nitrogen and oxygen atoms in total. The Morgan fingerprint density at radius 2 is 2.18 bits per heavy atom. The van der Waals surface area contributed by atoms with Gasteiger partial charge in [0.05, 0.1) is 11.8 Å². The molecule has 0 radical (unpaired) electrons. The number of nitrogens with two attached hydrogens (primary N) is 1. The van der Waals surface area contributed by atoms with Crippen LogP contribution in [0.3, 0.4) is 0 Å². The van der Waals surface area contributed by atoms with Gasteiger partial charge in [0.1, 0.15) is 5.75 Å². The summed E-state index contributed by atoms with van der Waals surface area (Å²) in [6.45, 7) is 7.50. The van der Waals surface area contributed by atoms with Gasteiger partial charge in [-0.2, -0.15) is 0 Å². The van der Waals surface area contributed by atoms with E-state index in [1.54, 1.807) is 0 Å². The molecule has 0 spiro atoms. The van der Waals surface area contributed by atoms with Crippen LogP contribution < -0.4 is 15.8 Å². The minimum atomic E-state index is 0.103. The quantitative estimate of drug-likeness (QED) is 0.814. The largest absolute Gasteiger partial charge is 0.489 e. The molecule has 0 aromatic heterocycles. The smallest absolute Gasteiger partial charge is 0.222 e. The van der Waals surface area contributed by atoms with Gasteiger partial charge < -0.3 is 20.7 Å². The first kappa shape index (κ1) is 16.6. The van der Waals surface area contributed by atoms with Crippen molar-refractivity contribution in [3.05, 3.63) is 23.8 Å². The second kappa shape index (κ2) is 8.03. The predicted octanol–water partition coefficient (Wildman–Crippen LogP) is 1.81. The molecule has 1 amide bonds. The van der Waals surface area contributed by atoms with E-state index in [0.717, 1.165) is 44.6 Å². The van der Waals surface area contributed by atoms with E-state index in [9.17, 15) is 4.79 Å². The number of rotatable bonds is 5. The molecular weight excluding hydrogens is 278 g/mol. The van der Waals surface area contributed by atoms with Crippen LogP contribution in [0.25, 0.3) is 0 Å². The number of carbonyl (C=O) groups is 1. The molecule has 0 unspecified atom stereocenters. The summed E-state index contributed by atoms with van der Waals surface area (Å²) < 4.78 is 5.63. The zero-order valence-electron chi connectivity index (χ0n) is 13.6. The summed E-state index contributed by atoms with van der Waals surface area (Å²) in [5.41, 5.74) is 7.73. The number of nitrogens with one attached hydrogen (secondary N) is 1. The van der Waals surface area contributed by atoms with Crippen LogP contribution in [-0.4, -0.2) is 43.1 Å². The molecule has 0 saturated carbocycles. The second-order valence-electron chi connectivity index (χ2n) is 6.02. The third-order valence-electron chi connectivity index (χ3n) is 3.76. The topological polar surface area (TPSA) is 67.6 Å². The summed E-state index contributed by atoms with van der Waals surface area (Å²) in [6, 6.07) is 5.80. The van der Waals surface area contributed by atoms with Gasteiger partial charge in [-0.3, -0.25) is 4.79 Å². The molecule has 2 rings (SSSR count). The molecule has 1 fully saturated rings. The SMILES string of the molecule is CC(C)Oc1ccc(CCC(=O)N2CCCNCC2)cc1N. The maximum absolute atomic E-state index is 12.3. The molecule has 5 heteroatoms. The molecule has 0 bridgehead atoms. The Morgan fingerprint density at radius 1 is 1.36 bits per heavy atom. The third-order valence-corrected chi connectivity index (χ3v) is 3.76. The van der Waals surface area contributed by atoms with Crippen molar-refractivity contribution >= 4 is 11.6 Å². The lowest BCUT2D eigenvalue weighted by Crippen LogP contribution is -2.34. The lowest BCUT2D eigenvalue weighted by atomic mass is 10.1. The first-order chi connectivity index (χ1) is 10.6. The van der Waals surface area contributed by atoms with Gasteiger partial charge in [-0.1, -0.05) is 6.07 Å². The third kappa shape index (κ3) is 4.91. The van der Waals surface area contributed by atoms with Crippen LogP contribution in [0, 0.1) is 0 Å². The average molecular weight is 305 g/mol. The molecule has 1 aromatic rings. The summed E-state index contributed by atoms with van der Waals surface area (Å²) in [4.78, 5) is 14.2. The van der Waals surface area contributed by atoms with Gasteiger partial charge in [0, 0.05) is 26.1 Å². The molecule has 1 aliphatic heterocycles. The molecule has 1 heterocycles. The molecule has 1 saturated heterocycles. The van der Waals surface area contributed by atoms with Crippen LogP contribution in [0.1, 0.15) is 32.3 Å². The molecular formula is C17H27N3O2. The highest BCUT2D eigenvalue weighted by atomic mass is 16.5. The first-order valence-corrected chi connectivity index (χ1v) is 8.10. The Labute approximate surface area is 132 Å². The summed E-state index contributed by atoms with van der Waals surface area (Å²) >= 11 is 0. The van der Waals surface area contributed by atoms with Crippen molar-refractivity contribution in [2.75, 3.05) is 31.9 Å². The van der Waals surface area contributed by atoms with E-state index in [2.05, 4.69) is 5.32 Å². The van der Waals surface area contributed by atoms with Crippen LogP contribution >= 0.6 is 0 Å². The van der Waals surface area contributed by atoms with Gasteiger partial charge in [0.2, 0.25) is 5.91 Å². The van der Waals surface area contributed by atoms with Crippen molar-refractivity contribution in [2.45, 2.75) is 39.2 Å². The Balaban J connectivity index is 1.88. The van der Waals surface area contributed by atoms with Gasteiger partial charge in [0.15, 0.2) is 0 Å². The molecule has 1 aromatic carbocycles. The van der Waals surface area contributed by atoms with Crippen molar-refractivity contribution in [2.24, 2.45) is 0 Å². The zero-order valence-corrected chi connectivity index (χ0v) is 13.6. The van der Waals surface area contributed by atoms with E-state index in [-0.39, 0.29) is 12.0 Å².